The molecule has 0 aliphatic rings. The monoisotopic (exact) mass is 254 g/mol. The molecule has 0 aromatic heterocycles. The first-order chi connectivity index (χ1) is 8.88. The molecule has 98 valence electrons. The van der Waals surface area contributed by atoms with Gasteiger partial charge in [-0.3, -0.25) is 0 Å². The van der Waals surface area contributed by atoms with E-state index in [4.69, 9.17) is 0 Å². The van der Waals surface area contributed by atoms with E-state index in [0.29, 0.717) is 5.69 Å². The Morgan fingerprint density at radius 3 is 2.05 bits per heavy atom. The molecule has 2 nitrogen and oxygen atoms in total. The van der Waals surface area contributed by atoms with Crippen LogP contribution in [0.2, 0.25) is 0 Å². The van der Waals surface area contributed by atoms with Gasteiger partial charge in [0.2, 0.25) is 0 Å². The molecule has 0 atom stereocenters. The number of benzene rings is 2. The predicted molar refractivity (Wildman–Crippen MR) is 79.8 cm³/mol. The molecule has 2 heteroatoms. The van der Waals surface area contributed by atoms with Gasteiger partial charge in [0.15, 0.2) is 7.05 Å². The maximum Gasteiger partial charge on any atom is 0.256 e. The number of rotatable bonds is 2. The second-order valence-corrected chi connectivity index (χ2v) is 5.88. The van der Waals surface area contributed by atoms with Crippen molar-refractivity contribution in [2.75, 3.05) is 7.05 Å². The third kappa shape index (κ3) is 3.08. The molecular formula is C17H20NO+. The van der Waals surface area contributed by atoms with Gasteiger partial charge in [-0.05, 0) is 22.1 Å². The van der Waals surface area contributed by atoms with E-state index in [1.165, 1.54) is 12.6 Å². The highest BCUT2D eigenvalue weighted by molar-refractivity contribution is 5.66. The topological polar surface area (TPSA) is 20.1 Å². The molecule has 19 heavy (non-hydrogen) atoms. The molecule has 2 aromatic rings. The lowest BCUT2D eigenvalue weighted by Gasteiger charge is -2.19. The number of nitroso groups, excluding NO2 is 1. The zero-order chi connectivity index (χ0) is 14.0. The highest BCUT2D eigenvalue weighted by Crippen LogP contribution is 2.27. The Kier molecular flexibility index (Phi) is 3.52. The fraction of sp³-hybridized carbons (Fsp3) is 0.294. The Morgan fingerprint density at radius 1 is 0.895 bits per heavy atom. The van der Waals surface area contributed by atoms with Crippen molar-refractivity contribution in [3.8, 4) is 11.1 Å². The lowest BCUT2D eigenvalue weighted by molar-refractivity contribution is -0.428. The third-order valence-corrected chi connectivity index (χ3v) is 3.29. The molecule has 0 saturated heterocycles. The average Bonchev–Trinajstić information content (AvgIpc) is 2.38. The maximum atomic E-state index is 11.3. The van der Waals surface area contributed by atoms with Crippen LogP contribution in [0, 0.1) is 4.91 Å². The van der Waals surface area contributed by atoms with E-state index in [-0.39, 0.29) is 5.41 Å². The molecule has 0 heterocycles. The van der Waals surface area contributed by atoms with Crippen LogP contribution in [0.1, 0.15) is 26.3 Å². The van der Waals surface area contributed by atoms with Gasteiger partial charge in [0.25, 0.3) is 5.69 Å². The number of hydrogen-bond acceptors (Lipinski definition) is 1. The Hall–Kier alpha value is -1.96. The lowest BCUT2D eigenvalue weighted by Crippen LogP contribution is -2.10. The summed E-state index contributed by atoms with van der Waals surface area (Å²) >= 11 is 0. The van der Waals surface area contributed by atoms with E-state index in [2.05, 4.69) is 45.0 Å². The van der Waals surface area contributed by atoms with Crippen LogP contribution in [-0.4, -0.2) is 11.8 Å². The smallest absolute Gasteiger partial charge is 0.0579 e. The van der Waals surface area contributed by atoms with Gasteiger partial charge in [-0.2, -0.15) is 0 Å². The minimum absolute atomic E-state index is 0.162. The molecule has 0 saturated carbocycles. The lowest BCUT2D eigenvalue weighted by atomic mass is 9.86. The fourth-order valence-corrected chi connectivity index (χ4v) is 2.04. The van der Waals surface area contributed by atoms with Gasteiger partial charge in [0, 0.05) is 21.8 Å². The van der Waals surface area contributed by atoms with Crippen molar-refractivity contribution < 1.29 is 4.76 Å². The Balaban J connectivity index is 2.37. The molecule has 0 N–H and O–H groups in total. The maximum absolute atomic E-state index is 11.3. The summed E-state index contributed by atoms with van der Waals surface area (Å²) in [5, 5.41) is 0. The van der Waals surface area contributed by atoms with E-state index in [1.54, 1.807) is 0 Å². The molecule has 0 radical (unpaired) electrons. The van der Waals surface area contributed by atoms with Crippen molar-refractivity contribution >= 4 is 5.69 Å². The summed E-state index contributed by atoms with van der Waals surface area (Å²) in [5.74, 6) is 0. The van der Waals surface area contributed by atoms with Gasteiger partial charge in [-0.25, -0.2) is 0 Å². The van der Waals surface area contributed by atoms with E-state index in [1.807, 2.05) is 24.3 Å². The summed E-state index contributed by atoms with van der Waals surface area (Å²) in [7, 11) is 1.52. The molecule has 2 aromatic carbocycles. The zero-order valence-corrected chi connectivity index (χ0v) is 12.0. The highest BCUT2D eigenvalue weighted by atomic mass is 16.3. The van der Waals surface area contributed by atoms with Gasteiger partial charge in [-0.15, -0.1) is 0 Å². The van der Waals surface area contributed by atoms with Gasteiger partial charge < -0.3 is 0 Å². The molecule has 2 rings (SSSR count). The van der Waals surface area contributed by atoms with Gasteiger partial charge >= 0.3 is 0 Å². The van der Waals surface area contributed by atoms with Gasteiger partial charge in [0.1, 0.15) is 0 Å². The van der Waals surface area contributed by atoms with Crippen molar-refractivity contribution in [2.24, 2.45) is 0 Å². The molecule has 0 bridgehead atoms. The predicted octanol–water partition coefficient (Wildman–Crippen LogP) is 4.69. The van der Waals surface area contributed by atoms with Crippen molar-refractivity contribution in [3.63, 3.8) is 0 Å². The molecule has 0 spiro atoms. The first-order valence-corrected chi connectivity index (χ1v) is 6.50. The van der Waals surface area contributed by atoms with Gasteiger partial charge in [0.05, 0.1) is 0 Å². The minimum atomic E-state index is 0.162. The van der Waals surface area contributed by atoms with E-state index in [0.717, 1.165) is 15.9 Å². The van der Waals surface area contributed by atoms with Crippen molar-refractivity contribution in [3.05, 3.63) is 59.0 Å². The highest BCUT2D eigenvalue weighted by Gasteiger charge is 2.13. The first kappa shape index (κ1) is 13.5. The quantitative estimate of drug-likeness (QED) is 0.712. The van der Waals surface area contributed by atoms with Crippen LogP contribution in [0.15, 0.2) is 48.5 Å². The van der Waals surface area contributed by atoms with Crippen LogP contribution in [0.25, 0.3) is 11.1 Å². The summed E-state index contributed by atoms with van der Waals surface area (Å²) in [6, 6.07) is 16.2. The van der Waals surface area contributed by atoms with Crippen molar-refractivity contribution in [1.82, 2.24) is 0 Å². The molecule has 0 aliphatic heterocycles. The number of nitrogens with zero attached hydrogens (tertiary/aromatic N) is 1. The van der Waals surface area contributed by atoms with Crippen molar-refractivity contribution in [1.29, 1.82) is 0 Å². The average molecular weight is 254 g/mol. The van der Waals surface area contributed by atoms with E-state index < -0.39 is 0 Å². The van der Waals surface area contributed by atoms with Crippen LogP contribution in [0.3, 0.4) is 0 Å². The SMILES string of the molecule is C[N+](=O)c1cccc(-c2ccc(C(C)(C)C)cc2)c1. The Bertz CT molecular complexity index is 591. The third-order valence-electron chi connectivity index (χ3n) is 3.29. The first-order valence-electron chi connectivity index (χ1n) is 6.50. The second kappa shape index (κ2) is 4.96. The Labute approximate surface area is 114 Å². The van der Waals surface area contributed by atoms with Crippen molar-refractivity contribution in [2.45, 2.75) is 26.2 Å². The molecule has 0 amide bonds. The standard InChI is InChI=1S/C17H20NO/c1-17(2,3)15-10-8-13(9-11-15)14-6-5-7-16(12-14)18(4)19/h5-12H,1-4H3/q+1. The van der Waals surface area contributed by atoms with Crippen LogP contribution in [0.5, 0.6) is 0 Å². The molecular weight excluding hydrogens is 234 g/mol. The summed E-state index contributed by atoms with van der Waals surface area (Å²) in [6.07, 6.45) is 0. The Morgan fingerprint density at radius 2 is 1.53 bits per heavy atom. The fourth-order valence-electron chi connectivity index (χ4n) is 2.04. The normalized spacial score (nSPS) is 11.4. The second-order valence-electron chi connectivity index (χ2n) is 5.88. The minimum Gasteiger partial charge on any atom is -0.0579 e. The van der Waals surface area contributed by atoms with E-state index in [9.17, 15) is 4.91 Å². The van der Waals surface area contributed by atoms with E-state index >= 15 is 0 Å². The van der Waals surface area contributed by atoms with Gasteiger partial charge in [-0.1, -0.05) is 57.2 Å². The molecule has 0 fully saturated rings. The summed E-state index contributed by atoms with van der Waals surface area (Å²) in [5.41, 5.74) is 4.36. The number of hydrogen-bond donors (Lipinski definition) is 0. The molecule has 0 aliphatic carbocycles. The summed E-state index contributed by atoms with van der Waals surface area (Å²) in [4.78, 5) is 11.3. The van der Waals surface area contributed by atoms with Crippen LogP contribution in [0.4, 0.5) is 5.69 Å². The largest absolute Gasteiger partial charge is 0.256 e. The summed E-state index contributed by atoms with van der Waals surface area (Å²) < 4.78 is 0.882. The summed E-state index contributed by atoms with van der Waals surface area (Å²) in [6.45, 7) is 6.61. The van der Waals surface area contributed by atoms with Crippen LogP contribution >= 0.6 is 0 Å². The molecule has 0 unspecified atom stereocenters. The van der Waals surface area contributed by atoms with Crippen LogP contribution < -0.4 is 0 Å². The zero-order valence-electron chi connectivity index (χ0n) is 12.0. The van der Waals surface area contributed by atoms with Crippen LogP contribution in [-0.2, 0) is 5.41 Å².